The van der Waals surface area contributed by atoms with Crippen molar-refractivity contribution < 1.29 is 14.7 Å². The van der Waals surface area contributed by atoms with Crippen molar-refractivity contribution in [1.29, 1.82) is 0 Å². The highest BCUT2D eigenvalue weighted by Crippen LogP contribution is 2.11. The van der Waals surface area contributed by atoms with Crippen LogP contribution in [0.2, 0.25) is 0 Å². The average Bonchev–Trinajstić information content (AvgIpc) is 2.48. The van der Waals surface area contributed by atoms with Crippen molar-refractivity contribution in [3.63, 3.8) is 0 Å². The van der Waals surface area contributed by atoms with Gasteiger partial charge in [-0.05, 0) is 12.1 Å². The Kier molecular flexibility index (Phi) is 5.82. The second-order valence-corrected chi connectivity index (χ2v) is 5.76. The van der Waals surface area contributed by atoms with E-state index in [1.807, 2.05) is 11.8 Å². The Morgan fingerprint density at radius 2 is 2.14 bits per heavy atom. The summed E-state index contributed by atoms with van der Waals surface area (Å²) in [6.07, 6.45) is 1.38. The molecule has 2 amide bonds. The van der Waals surface area contributed by atoms with E-state index < -0.39 is 12.0 Å². The van der Waals surface area contributed by atoms with E-state index in [4.69, 9.17) is 5.11 Å². The van der Waals surface area contributed by atoms with E-state index in [2.05, 4.69) is 20.5 Å². The molecular weight excluding hydrogens is 292 g/mol. The van der Waals surface area contributed by atoms with E-state index in [9.17, 15) is 9.59 Å². The number of aromatic carboxylic acids is 1. The molecule has 21 heavy (non-hydrogen) atoms. The number of carboxylic acids is 1. The Bertz CT molecular complexity index is 506. The van der Waals surface area contributed by atoms with Crippen LogP contribution in [0, 0.1) is 0 Å². The number of nitrogens with zero attached hydrogens (tertiary/aromatic N) is 2. The molecule has 0 unspecified atom stereocenters. The molecule has 0 aromatic carbocycles. The minimum atomic E-state index is -1.17. The number of nitrogens with one attached hydrogen (secondary N) is 2. The van der Waals surface area contributed by atoms with Gasteiger partial charge < -0.3 is 15.7 Å². The summed E-state index contributed by atoms with van der Waals surface area (Å²) < 4.78 is 0. The van der Waals surface area contributed by atoms with Gasteiger partial charge in [-0.3, -0.25) is 4.90 Å². The van der Waals surface area contributed by atoms with Crippen molar-refractivity contribution in [2.45, 2.75) is 0 Å². The predicted octanol–water partition coefficient (Wildman–Crippen LogP) is 0.950. The molecule has 0 spiro atoms. The van der Waals surface area contributed by atoms with Gasteiger partial charge in [-0.2, -0.15) is 11.8 Å². The lowest BCUT2D eigenvalue weighted by atomic mass is 10.3. The number of pyridine rings is 1. The van der Waals surface area contributed by atoms with Gasteiger partial charge in [-0.1, -0.05) is 0 Å². The maximum atomic E-state index is 11.8. The van der Waals surface area contributed by atoms with E-state index in [0.29, 0.717) is 6.54 Å². The van der Waals surface area contributed by atoms with Gasteiger partial charge in [0, 0.05) is 43.9 Å². The lowest BCUT2D eigenvalue weighted by molar-refractivity contribution is 0.0692. The molecule has 2 rings (SSSR count). The first-order valence-corrected chi connectivity index (χ1v) is 7.85. The zero-order valence-corrected chi connectivity index (χ0v) is 12.4. The van der Waals surface area contributed by atoms with Gasteiger partial charge >= 0.3 is 12.0 Å². The summed E-state index contributed by atoms with van der Waals surface area (Å²) in [4.78, 5) is 28.8. The third-order valence-electron chi connectivity index (χ3n) is 3.08. The van der Waals surface area contributed by atoms with Crippen molar-refractivity contribution in [3.8, 4) is 0 Å². The molecule has 1 aromatic heterocycles. The summed E-state index contributed by atoms with van der Waals surface area (Å²) in [5, 5.41) is 14.2. The zero-order valence-electron chi connectivity index (χ0n) is 11.5. The Hall–Kier alpha value is -1.80. The zero-order chi connectivity index (χ0) is 15.1. The number of thioether (sulfide) groups is 1. The first-order chi connectivity index (χ1) is 10.2. The van der Waals surface area contributed by atoms with Gasteiger partial charge in [-0.15, -0.1) is 0 Å². The van der Waals surface area contributed by atoms with E-state index >= 15 is 0 Å². The summed E-state index contributed by atoms with van der Waals surface area (Å²) >= 11 is 1.94. The van der Waals surface area contributed by atoms with Crippen molar-refractivity contribution in [2.24, 2.45) is 0 Å². The molecule has 0 radical (unpaired) electrons. The highest BCUT2D eigenvalue weighted by atomic mass is 32.2. The monoisotopic (exact) mass is 310 g/mol. The number of carbonyl (C=O) groups is 2. The Balaban J connectivity index is 1.78. The lowest BCUT2D eigenvalue weighted by Crippen LogP contribution is -2.40. The second-order valence-electron chi connectivity index (χ2n) is 4.54. The molecule has 1 aliphatic rings. The number of carbonyl (C=O) groups excluding carboxylic acids is 1. The van der Waals surface area contributed by atoms with Crippen LogP contribution in [-0.4, -0.2) is 64.7 Å². The van der Waals surface area contributed by atoms with E-state index in [0.717, 1.165) is 31.1 Å². The van der Waals surface area contributed by atoms with Gasteiger partial charge in [0.2, 0.25) is 0 Å². The van der Waals surface area contributed by atoms with Gasteiger partial charge in [-0.25, -0.2) is 14.6 Å². The number of aromatic nitrogens is 1. The van der Waals surface area contributed by atoms with Crippen LogP contribution in [0.1, 0.15) is 10.5 Å². The van der Waals surface area contributed by atoms with Crippen LogP contribution in [-0.2, 0) is 0 Å². The number of carboxylic acid groups (broad SMARTS) is 1. The quantitative estimate of drug-likeness (QED) is 0.749. The molecule has 2 heterocycles. The summed E-state index contributed by atoms with van der Waals surface area (Å²) in [5.41, 5.74) is 0.0255. The van der Waals surface area contributed by atoms with Crippen molar-refractivity contribution in [1.82, 2.24) is 15.2 Å². The molecular formula is C13H18N4O3S. The maximum Gasteiger partial charge on any atom is 0.356 e. The van der Waals surface area contributed by atoms with Crippen molar-refractivity contribution >= 4 is 29.4 Å². The highest BCUT2D eigenvalue weighted by molar-refractivity contribution is 7.99. The van der Waals surface area contributed by atoms with Gasteiger partial charge in [0.1, 0.15) is 0 Å². The predicted molar refractivity (Wildman–Crippen MR) is 82.0 cm³/mol. The number of amides is 2. The molecule has 3 N–H and O–H groups in total. The number of urea groups is 1. The smallest absolute Gasteiger partial charge is 0.356 e. The third-order valence-corrected chi connectivity index (χ3v) is 4.02. The topological polar surface area (TPSA) is 94.6 Å². The first-order valence-electron chi connectivity index (χ1n) is 6.70. The van der Waals surface area contributed by atoms with Crippen LogP contribution in [0.3, 0.4) is 0 Å². The molecule has 8 heteroatoms. The van der Waals surface area contributed by atoms with Crippen molar-refractivity contribution in [2.75, 3.05) is 43.0 Å². The van der Waals surface area contributed by atoms with E-state index in [-0.39, 0.29) is 11.4 Å². The Labute approximate surface area is 127 Å². The van der Waals surface area contributed by atoms with Gasteiger partial charge in [0.05, 0.1) is 5.69 Å². The number of hydrogen-bond acceptors (Lipinski definition) is 5. The Morgan fingerprint density at radius 3 is 2.86 bits per heavy atom. The van der Waals surface area contributed by atoms with Crippen LogP contribution < -0.4 is 10.6 Å². The molecule has 1 aromatic rings. The summed E-state index contributed by atoms with van der Waals surface area (Å²) in [6, 6.07) is 2.67. The SMILES string of the molecule is O=C(NCCN1CCSCC1)Nc1cccnc1C(=O)O. The standard InChI is InChI=1S/C13H18N4O3S/c18-12(19)11-10(2-1-3-14-11)16-13(20)15-4-5-17-6-8-21-9-7-17/h1-3H,4-9H2,(H,18,19)(H2,15,16,20). The second kappa shape index (κ2) is 7.84. The molecule has 0 saturated carbocycles. The summed E-state index contributed by atoms with van der Waals surface area (Å²) in [6.45, 7) is 3.41. The number of hydrogen-bond donors (Lipinski definition) is 3. The first kappa shape index (κ1) is 15.6. The Morgan fingerprint density at radius 1 is 1.38 bits per heavy atom. The van der Waals surface area contributed by atoms with Crippen LogP contribution in [0.15, 0.2) is 18.3 Å². The van der Waals surface area contributed by atoms with Gasteiger partial charge in [0.25, 0.3) is 0 Å². The summed E-state index contributed by atoms with van der Waals surface area (Å²) in [7, 11) is 0. The number of anilines is 1. The normalized spacial score (nSPS) is 15.4. The fraction of sp³-hybridized carbons (Fsp3) is 0.462. The van der Waals surface area contributed by atoms with E-state index in [1.54, 1.807) is 6.07 Å². The van der Waals surface area contributed by atoms with Crippen LogP contribution in [0.4, 0.5) is 10.5 Å². The average molecular weight is 310 g/mol. The van der Waals surface area contributed by atoms with Crippen LogP contribution in [0.5, 0.6) is 0 Å². The maximum absolute atomic E-state index is 11.8. The minimum Gasteiger partial charge on any atom is -0.476 e. The highest BCUT2D eigenvalue weighted by Gasteiger charge is 2.14. The van der Waals surface area contributed by atoms with Gasteiger partial charge in [0.15, 0.2) is 5.69 Å². The molecule has 0 aliphatic carbocycles. The molecule has 114 valence electrons. The minimum absolute atomic E-state index is 0.166. The van der Waals surface area contributed by atoms with E-state index in [1.165, 1.54) is 12.3 Å². The van der Waals surface area contributed by atoms with Crippen LogP contribution >= 0.6 is 11.8 Å². The molecule has 1 aliphatic heterocycles. The van der Waals surface area contributed by atoms with Crippen LogP contribution in [0.25, 0.3) is 0 Å². The van der Waals surface area contributed by atoms with Crippen molar-refractivity contribution in [3.05, 3.63) is 24.0 Å². The fourth-order valence-corrected chi connectivity index (χ4v) is 2.97. The molecule has 0 atom stereocenters. The molecule has 1 saturated heterocycles. The molecule has 7 nitrogen and oxygen atoms in total. The fourth-order valence-electron chi connectivity index (χ4n) is 2.00. The lowest BCUT2D eigenvalue weighted by Gasteiger charge is -2.26. The largest absolute Gasteiger partial charge is 0.476 e. The third kappa shape index (κ3) is 4.91. The number of rotatable bonds is 5. The summed E-state index contributed by atoms with van der Waals surface area (Å²) in [5.74, 6) is 1.09. The molecule has 0 bridgehead atoms. The molecule has 1 fully saturated rings.